The first-order valence-electron chi connectivity index (χ1n) is 13.0. The third-order valence-corrected chi connectivity index (χ3v) is 7.62. The Balaban J connectivity index is 1.51. The number of rotatable bonds is 8. The molecule has 0 bridgehead atoms. The predicted octanol–water partition coefficient (Wildman–Crippen LogP) is 5.41. The van der Waals surface area contributed by atoms with Crippen molar-refractivity contribution in [3.63, 3.8) is 0 Å². The van der Waals surface area contributed by atoms with Crippen LogP contribution >= 0.6 is 0 Å². The Morgan fingerprint density at radius 1 is 0.972 bits per heavy atom. The molecule has 7 nitrogen and oxygen atoms in total. The van der Waals surface area contributed by atoms with Crippen LogP contribution in [0.5, 0.6) is 5.75 Å². The molecule has 0 N–H and O–H groups in total. The topological polar surface area (TPSA) is 68.3 Å². The molecule has 2 amide bonds. The van der Waals surface area contributed by atoms with Gasteiger partial charge in [0, 0.05) is 0 Å². The lowest BCUT2D eigenvalue weighted by Crippen LogP contribution is -2.56. The van der Waals surface area contributed by atoms with Crippen molar-refractivity contribution in [1.29, 1.82) is 0 Å². The highest BCUT2D eigenvalue weighted by atomic mass is 16.7. The number of benzene rings is 2. The van der Waals surface area contributed by atoms with Gasteiger partial charge in [-0.3, -0.25) is 14.4 Å². The van der Waals surface area contributed by atoms with Crippen molar-refractivity contribution in [2.24, 2.45) is 5.92 Å². The van der Waals surface area contributed by atoms with Crippen LogP contribution in [0.2, 0.25) is 0 Å². The first kappa shape index (κ1) is 24.4. The van der Waals surface area contributed by atoms with Crippen molar-refractivity contribution in [3.05, 3.63) is 66.4 Å². The van der Waals surface area contributed by atoms with Crippen LogP contribution in [0.4, 0.5) is 11.4 Å². The van der Waals surface area contributed by atoms with E-state index in [4.69, 9.17) is 14.3 Å². The zero-order valence-electron chi connectivity index (χ0n) is 21.2. The number of para-hydroxylation sites is 1. The van der Waals surface area contributed by atoms with Crippen molar-refractivity contribution in [3.8, 4) is 5.75 Å². The van der Waals surface area contributed by atoms with Crippen molar-refractivity contribution >= 4 is 23.2 Å². The highest BCUT2D eigenvalue weighted by Crippen LogP contribution is 2.49. The van der Waals surface area contributed by atoms with E-state index in [1.807, 2.05) is 43.5 Å². The van der Waals surface area contributed by atoms with E-state index in [0.717, 1.165) is 31.4 Å². The second-order valence-electron chi connectivity index (χ2n) is 9.68. The second kappa shape index (κ2) is 9.97. The first-order chi connectivity index (χ1) is 17.5. The molecule has 0 saturated carbocycles. The van der Waals surface area contributed by atoms with Gasteiger partial charge in [-0.15, -0.1) is 0 Å². The monoisotopic (exact) mass is 490 g/mol. The molecule has 36 heavy (non-hydrogen) atoms. The minimum absolute atomic E-state index is 0.252. The molecule has 3 aliphatic heterocycles. The van der Waals surface area contributed by atoms with Crippen LogP contribution < -0.4 is 14.7 Å². The lowest BCUT2D eigenvalue weighted by molar-refractivity contribution is -0.127. The van der Waals surface area contributed by atoms with Gasteiger partial charge in [-0.2, -0.15) is 0 Å². The molecule has 3 aliphatic rings. The number of hydrogen-bond donors (Lipinski definition) is 0. The Bertz CT molecular complexity index is 1130. The average Bonchev–Trinajstić information content (AvgIpc) is 3.44. The molecule has 5 rings (SSSR count). The number of imide groups is 1. The Hall–Kier alpha value is -3.32. The smallest absolute Gasteiger partial charge is 0.266 e. The van der Waals surface area contributed by atoms with Gasteiger partial charge >= 0.3 is 0 Å². The lowest BCUT2D eigenvalue weighted by atomic mass is 9.76. The highest BCUT2D eigenvalue weighted by Gasteiger charge is 2.65. The zero-order chi connectivity index (χ0) is 25.3. The molecule has 2 fully saturated rings. The maximum absolute atomic E-state index is 14.0. The van der Waals surface area contributed by atoms with Crippen LogP contribution in [0, 0.1) is 5.92 Å². The standard InChI is InChI=1S/C29H34N2O5/c1-4-18-34-23-14-12-21(13-15-23)30-27(32)24-25(28(30)33)36-31(22-10-8-7-9-11-22)26(24)29(6-3)17-16-20(5-2)19-35-29/h7-15,19,24-26H,4-6,16-18H2,1-3H3/t24-,25-,26-,29-/m1/s1. The lowest BCUT2D eigenvalue weighted by Gasteiger charge is -2.45. The summed E-state index contributed by atoms with van der Waals surface area (Å²) < 4.78 is 12.1. The average molecular weight is 491 g/mol. The fourth-order valence-electron chi connectivity index (χ4n) is 5.55. The molecule has 2 aromatic carbocycles. The molecule has 4 atom stereocenters. The van der Waals surface area contributed by atoms with Crippen LogP contribution in [-0.4, -0.2) is 36.2 Å². The van der Waals surface area contributed by atoms with Gasteiger partial charge in [0.1, 0.15) is 23.3 Å². The van der Waals surface area contributed by atoms with Crippen molar-refractivity contribution in [2.45, 2.75) is 70.6 Å². The summed E-state index contributed by atoms with van der Waals surface area (Å²) in [6.45, 7) is 6.86. The molecule has 2 aromatic rings. The zero-order valence-corrected chi connectivity index (χ0v) is 21.2. The van der Waals surface area contributed by atoms with Crippen LogP contribution in [-0.2, 0) is 19.2 Å². The van der Waals surface area contributed by atoms with E-state index in [0.29, 0.717) is 24.5 Å². The van der Waals surface area contributed by atoms with Gasteiger partial charge in [0.25, 0.3) is 5.91 Å². The SMILES string of the molecule is CCCOc1ccc(N2C(=O)[C@@H]3[C@@H](ON(c4ccccc4)[C@H]3[C@@]3(CC)CCC(CC)=CO3)C2=O)cc1. The number of allylic oxidation sites excluding steroid dienone is 1. The molecule has 7 heteroatoms. The Morgan fingerprint density at radius 3 is 2.33 bits per heavy atom. The van der Waals surface area contributed by atoms with Crippen LogP contribution in [0.25, 0.3) is 0 Å². The van der Waals surface area contributed by atoms with Crippen LogP contribution in [0.15, 0.2) is 66.4 Å². The van der Waals surface area contributed by atoms with E-state index in [-0.39, 0.29) is 11.8 Å². The maximum Gasteiger partial charge on any atom is 0.266 e. The van der Waals surface area contributed by atoms with Gasteiger partial charge in [-0.1, -0.05) is 39.0 Å². The summed E-state index contributed by atoms with van der Waals surface area (Å²) in [5.41, 5.74) is 1.93. The summed E-state index contributed by atoms with van der Waals surface area (Å²) in [4.78, 5) is 35.2. The number of hydroxylamine groups is 1. The molecular weight excluding hydrogens is 456 g/mol. The predicted molar refractivity (Wildman–Crippen MR) is 138 cm³/mol. The number of fused-ring (bicyclic) bond motifs is 1. The van der Waals surface area contributed by atoms with Gasteiger partial charge in [0.2, 0.25) is 5.91 Å². The Labute approximate surface area is 212 Å². The van der Waals surface area contributed by atoms with E-state index < -0.39 is 23.7 Å². The van der Waals surface area contributed by atoms with E-state index in [1.165, 1.54) is 10.5 Å². The van der Waals surface area contributed by atoms with Gasteiger partial charge in [-0.25, -0.2) is 9.96 Å². The van der Waals surface area contributed by atoms with E-state index in [1.54, 1.807) is 29.3 Å². The summed E-state index contributed by atoms with van der Waals surface area (Å²) in [6, 6.07) is 16.3. The van der Waals surface area contributed by atoms with E-state index in [9.17, 15) is 9.59 Å². The van der Waals surface area contributed by atoms with E-state index in [2.05, 4.69) is 13.8 Å². The first-order valence-corrected chi connectivity index (χ1v) is 13.0. The van der Waals surface area contributed by atoms with Gasteiger partial charge in [0.15, 0.2) is 6.10 Å². The van der Waals surface area contributed by atoms with Crippen LogP contribution in [0.1, 0.15) is 52.9 Å². The third-order valence-electron chi connectivity index (χ3n) is 7.62. The highest BCUT2D eigenvalue weighted by molar-refractivity contribution is 6.24. The number of anilines is 2. The van der Waals surface area contributed by atoms with Gasteiger partial charge < -0.3 is 9.47 Å². The largest absolute Gasteiger partial charge is 0.494 e. The normalized spacial score (nSPS) is 27.6. The summed E-state index contributed by atoms with van der Waals surface area (Å²) in [5, 5.41) is 1.76. The van der Waals surface area contributed by atoms with Crippen LogP contribution in [0.3, 0.4) is 0 Å². The minimum Gasteiger partial charge on any atom is -0.494 e. The number of ether oxygens (including phenoxy) is 2. The molecule has 0 aromatic heterocycles. The summed E-state index contributed by atoms with van der Waals surface area (Å²) >= 11 is 0. The molecule has 0 aliphatic carbocycles. The minimum atomic E-state index is -0.901. The third kappa shape index (κ3) is 4.05. The number of hydrogen-bond acceptors (Lipinski definition) is 6. The Kier molecular flexibility index (Phi) is 6.75. The summed E-state index contributed by atoms with van der Waals surface area (Å²) in [6.07, 6.45) is 5.13. The molecule has 190 valence electrons. The van der Waals surface area contributed by atoms with E-state index >= 15 is 0 Å². The molecule has 0 spiro atoms. The summed E-state index contributed by atoms with van der Waals surface area (Å²) in [5.74, 6) is -0.562. The van der Waals surface area contributed by atoms with Crippen molar-refractivity contribution in [1.82, 2.24) is 0 Å². The van der Waals surface area contributed by atoms with Gasteiger partial charge in [-0.05, 0) is 74.1 Å². The fraction of sp³-hybridized carbons (Fsp3) is 0.448. The molecular formula is C29H34N2O5. The molecule has 2 saturated heterocycles. The number of nitrogens with zero attached hydrogens (tertiary/aromatic N) is 2. The van der Waals surface area contributed by atoms with Crippen molar-refractivity contribution in [2.75, 3.05) is 16.6 Å². The summed E-state index contributed by atoms with van der Waals surface area (Å²) in [7, 11) is 0. The second-order valence-corrected chi connectivity index (χ2v) is 9.68. The number of carbonyl (C=O) groups excluding carboxylic acids is 2. The molecule has 3 heterocycles. The Morgan fingerprint density at radius 2 is 1.72 bits per heavy atom. The molecule has 0 radical (unpaired) electrons. The van der Waals surface area contributed by atoms with Crippen molar-refractivity contribution < 1.29 is 23.9 Å². The quantitative estimate of drug-likeness (QED) is 0.461. The fourth-order valence-corrected chi connectivity index (χ4v) is 5.55. The van der Waals surface area contributed by atoms with Gasteiger partial charge in [0.05, 0.1) is 24.2 Å². The maximum atomic E-state index is 14.0. The number of amides is 2. The molecule has 0 unspecified atom stereocenters. The number of carbonyl (C=O) groups is 2.